The van der Waals surface area contributed by atoms with Gasteiger partial charge in [0.05, 0.1) is 0 Å². The number of piperidine rings is 1. The van der Waals surface area contributed by atoms with Crippen molar-refractivity contribution in [2.24, 2.45) is 5.73 Å². The minimum Gasteiger partial charge on any atom is -0.328 e. The van der Waals surface area contributed by atoms with E-state index in [-0.39, 0.29) is 6.54 Å². The van der Waals surface area contributed by atoms with Crippen molar-refractivity contribution < 1.29 is 13.0 Å². The van der Waals surface area contributed by atoms with Crippen molar-refractivity contribution in [2.45, 2.75) is 24.6 Å². The minimum atomic E-state index is -4.01. The average Bonchev–Trinajstić information content (AvgIpc) is 2.05. The van der Waals surface area contributed by atoms with Crippen molar-refractivity contribution in [3.8, 4) is 0 Å². The zero-order valence-electron chi connectivity index (χ0n) is 7.52. The van der Waals surface area contributed by atoms with E-state index >= 15 is 0 Å². The smallest absolute Gasteiger partial charge is 0.282 e. The maximum atomic E-state index is 10.9. The summed E-state index contributed by atoms with van der Waals surface area (Å²) in [4.78, 5) is 1.73. The highest BCUT2D eigenvalue weighted by atomic mass is 32.2. The lowest BCUT2D eigenvalue weighted by Crippen LogP contribution is -2.47. The van der Waals surface area contributed by atoms with E-state index in [9.17, 15) is 8.42 Å². The van der Waals surface area contributed by atoms with Crippen LogP contribution in [-0.2, 0) is 10.1 Å². The predicted octanol–water partition coefficient (Wildman–Crippen LogP) is -0.355. The summed E-state index contributed by atoms with van der Waals surface area (Å²) >= 11 is 0. The van der Waals surface area contributed by atoms with Gasteiger partial charge in [-0.3, -0.25) is 9.45 Å². The second-order valence-electron chi connectivity index (χ2n) is 3.30. The molecule has 0 aromatic rings. The molecule has 13 heavy (non-hydrogen) atoms. The fourth-order valence-electron chi connectivity index (χ4n) is 1.67. The summed E-state index contributed by atoms with van der Waals surface area (Å²) in [7, 11) is -4.01. The van der Waals surface area contributed by atoms with Crippen LogP contribution in [0.25, 0.3) is 0 Å². The molecule has 0 bridgehead atoms. The molecule has 1 saturated heterocycles. The molecular formula is C7H16N2O3S. The molecule has 6 heteroatoms. The molecule has 1 unspecified atom stereocenters. The highest BCUT2D eigenvalue weighted by Crippen LogP contribution is 2.14. The molecule has 1 aliphatic heterocycles. The highest BCUT2D eigenvalue weighted by molar-refractivity contribution is 7.86. The van der Waals surface area contributed by atoms with Gasteiger partial charge in [0.15, 0.2) is 5.37 Å². The first-order valence-corrected chi connectivity index (χ1v) is 5.96. The van der Waals surface area contributed by atoms with E-state index in [1.54, 1.807) is 4.90 Å². The summed E-state index contributed by atoms with van der Waals surface area (Å²) in [6, 6.07) is 0. The summed E-state index contributed by atoms with van der Waals surface area (Å²) in [5.74, 6) is 0. The van der Waals surface area contributed by atoms with Gasteiger partial charge in [-0.15, -0.1) is 0 Å². The van der Waals surface area contributed by atoms with E-state index in [2.05, 4.69) is 0 Å². The lowest BCUT2D eigenvalue weighted by Gasteiger charge is -2.31. The molecule has 0 amide bonds. The van der Waals surface area contributed by atoms with E-state index in [1.165, 1.54) is 0 Å². The largest absolute Gasteiger partial charge is 0.328 e. The quantitative estimate of drug-likeness (QED) is 0.619. The van der Waals surface area contributed by atoms with Crippen molar-refractivity contribution >= 4 is 10.1 Å². The molecule has 0 aromatic carbocycles. The Balaban J connectivity index is 2.65. The normalized spacial score (nSPS) is 22.9. The number of rotatable bonds is 3. The fraction of sp³-hybridized carbons (Fsp3) is 1.00. The van der Waals surface area contributed by atoms with Gasteiger partial charge in [0.1, 0.15) is 0 Å². The third kappa shape index (κ3) is 2.91. The zero-order chi connectivity index (χ0) is 9.90. The first kappa shape index (κ1) is 10.9. The van der Waals surface area contributed by atoms with Crippen molar-refractivity contribution in [3.63, 3.8) is 0 Å². The summed E-state index contributed by atoms with van der Waals surface area (Å²) in [6.45, 7) is 1.38. The average molecular weight is 208 g/mol. The Morgan fingerprint density at radius 2 is 1.85 bits per heavy atom. The van der Waals surface area contributed by atoms with E-state index in [1.807, 2.05) is 0 Å². The van der Waals surface area contributed by atoms with Crippen LogP contribution in [0.1, 0.15) is 19.3 Å². The molecule has 0 spiro atoms. The van der Waals surface area contributed by atoms with E-state index in [0.717, 1.165) is 19.3 Å². The van der Waals surface area contributed by atoms with Crippen LogP contribution >= 0.6 is 0 Å². The van der Waals surface area contributed by atoms with Gasteiger partial charge in [-0.25, -0.2) is 0 Å². The molecule has 1 heterocycles. The van der Waals surface area contributed by atoms with Crippen molar-refractivity contribution in [3.05, 3.63) is 0 Å². The maximum absolute atomic E-state index is 10.9. The molecule has 1 rings (SSSR count). The first-order valence-electron chi connectivity index (χ1n) is 4.46. The lowest BCUT2D eigenvalue weighted by atomic mass is 10.1. The third-order valence-corrected chi connectivity index (χ3v) is 3.52. The Labute approximate surface area is 78.7 Å². The number of likely N-dealkylation sites (tertiary alicyclic amines) is 1. The molecule has 0 aromatic heterocycles. The van der Waals surface area contributed by atoms with E-state index in [4.69, 9.17) is 10.3 Å². The van der Waals surface area contributed by atoms with Crippen LogP contribution in [0.4, 0.5) is 0 Å². The van der Waals surface area contributed by atoms with Crippen molar-refractivity contribution in [1.29, 1.82) is 0 Å². The molecule has 78 valence electrons. The predicted molar refractivity (Wildman–Crippen MR) is 49.8 cm³/mol. The number of nitrogens with zero attached hydrogens (tertiary/aromatic N) is 1. The molecule has 1 fully saturated rings. The van der Waals surface area contributed by atoms with Crippen LogP contribution in [0.2, 0.25) is 0 Å². The number of hydrogen-bond acceptors (Lipinski definition) is 4. The standard InChI is InChI=1S/C7H16N2O3S/c8-6-7(13(10,11)12)9-4-2-1-3-5-9/h7H,1-6,8H2,(H,10,11,12). The van der Waals surface area contributed by atoms with E-state index < -0.39 is 15.5 Å². The van der Waals surface area contributed by atoms with Gasteiger partial charge in [0, 0.05) is 6.54 Å². The van der Waals surface area contributed by atoms with Gasteiger partial charge in [-0.1, -0.05) is 6.42 Å². The Morgan fingerprint density at radius 3 is 2.23 bits per heavy atom. The van der Waals surface area contributed by atoms with Gasteiger partial charge in [0.25, 0.3) is 10.1 Å². The fourth-order valence-corrected chi connectivity index (χ4v) is 2.50. The Kier molecular flexibility index (Phi) is 3.66. The van der Waals surface area contributed by atoms with Crippen LogP contribution in [0, 0.1) is 0 Å². The van der Waals surface area contributed by atoms with Crippen LogP contribution in [0.5, 0.6) is 0 Å². The van der Waals surface area contributed by atoms with Crippen molar-refractivity contribution in [1.82, 2.24) is 4.90 Å². The zero-order valence-corrected chi connectivity index (χ0v) is 8.33. The summed E-state index contributed by atoms with van der Waals surface area (Å²) in [5.41, 5.74) is 5.31. The minimum absolute atomic E-state index is 0.0428. The van der Waals surface area contributed by atoms with Crippen molar-refractivity contribution in [2.75, 3.05) is 19.6 Å². The van der Waals surface area contributed by atoms with Gasteiger partial charge in [-0.05, 0) is 25.9 Å². The van der Waals surface area contributed by atoms with E-state index in [0.29, 0.717) is 13.1 Å². The molecule has 0 radical (unpaired) electrons. The van der Waals surface area contributed by atoms with Crippen LogP contribution in [0.3, 0.4) is 0 Å². The molecule has 3 N–H and O–H groups in total. The topological polar surface area (TPSA) is 83.6 Å². The Morgan fingerprint density at radius 1 is 1.31 bits per heavy atom. The highest BCUT2D eigenvalue weighted by Gasteiger charge is 2.29. The van der Waals surface area contributed by atoms with Crippen LogP contribution < -0.4 is 5.73 Å². The molecule has 5 nitrogen and oxygen atoms in total. The molecule has 0 saturated carbocycles. The summed E-state index contributed by atoms with van der Waals surface area (Å²) in [6.07, 6.45) is 3.08. The van der Waals surface area contributed by atoms with Gasteiger partial charge in [0.2, 0.25) is 0 Å². The monoisotopic (exact) mass is 208 g/mol. The Bertz CT molecular complexity index is 246. The summed E-state index contributed by atoms with van der Waals surface area (Å²) in [5, 5.41) is -0.909. The van der Waals surface area contributed by atoms with Gasteiger partial charge >= 0.3 is 0 Å². The molecule has 1 atom stereocenters. The Hall–Kier alpha value is -0.170. The second kappa shape index (κ2) is 4.36. The second-order valence-corrected chi connectivity index (χ2v) is 4.88. The maximum Gasteiger partial charge on any atom is 0.282 e. The molecular weight excluding hydrogens is 192 g/mol. The third-order valence-electron chi connectivity index (χ3n) is 2.34. The number of nitrogens with two attached hydrogens (primary N) is 1. The van der Waals surface area contributed by atoms with Gasteiger partial charge in [-0.2, -0.15) is 8.42 Å². The SMILES string of the molecule is NCC(N1CCCCC1)S(=O)(=O)O. The van der Waals surface area contributed by atoms with Crippen LogP contribution in [-0.4, -0.2) is 42.9 Å². The number of hydrogen-bond donors (Lipinski definition) is 2. The van der Waals surface area contributed by atoms with Gasteiger partial charge < -0.3 is 5.73 Å². The molecule has 0 aliphatic carbocycles. The van der Waals surface area contributed by atoms with Crippen LogP contribution in [0.15, 0.2) is 0 Å². The first-order chi connectivity index (χ1) is 6.05. The molecule has 1 aliphatic rings. The summed E-state index contributed by atoms with van der Waals surface area (Å²) < 4.78 is 30.7. The lowest BCUT2D eigenvalue weighted by molar-refractivity contribution is 0.202.